The van der Waals surface area contributed by atoms with Gasteiger partial charge in [0, 0.05) is 23.7 Å². The molecule has 1 aliphatic carbocycles. The molecule has 22 heavy (non-hydrogen) atoms. The van der Waals surface area contributed by atoms with Crippen LogP contribution >= 0.6 is 27.5 Å². The van der Waals surface area contributed by atoms with Gasteiger partial charge in [-0.15, -0.1) is 5.10 Å². The minimum atomic E-state index is 0.0149. The molecule has 0 aromatic carbocycles. The lowest BCUT2D eigenvalue weighted by atomic mass is 9.81. The Morgan fingerprint density at radius 2 is 2.36 bits per heavy atom. The second-order valence-corrected chi connectivity index (χ2v) is 7.37. The number of aryl methyl sites for hydroxylation is 1. The van der Waals surface area contributed by atoms with Crippen molar-refractivity contribution < 1.29 is 0 Å². The number of nitrogens with two attached hydrogens (primary N) is 1. The van der Waals surface area contributed by atoms with Gasteiger partial charge < -0.3 is 11.1 Å². The third-order valence-electron chi connectivity index (χ3n) is 4.84. The van der Waals surface area contributed by atoms with Crippen molar-refractivity contribution in [2.75, 3.05) is 17.6 Å². The lowest BCUT2D eigenvalue weighted by Gasteiger charge is -2.24. The first-order chi connectivity index (χ1) is 10.5. The quantitative estimate of drug-likeness (QED) is 0.791. The molecule has 2 atom stereocenters. The molecule has 3 heterocycles. The highest BCUT2D eigenvalue weighted by Crippen LogP contribution is 2.54. The predicted octanol–water partition coefficient (Wildman–Crippen LogP) is 3.07. The lowest BCUT2D eigenvalue weighted by Crippen LogP contribution is -2.26. The van der Waals surface area contributed by atoms with E-state index in [1.165, 1.54) is 0 Å². The van der Waals surface area contributed by atoms with Crippen molar-refractivity contribution in [1.82, 2.24) is 19.7 Å². The van der Waals surface area contributed by atoms with Gasteiger partial charge in [-0.3, -0.25) is 0 Å². The van der Waals surface area contributed by atoms with Crippen LogP contribution < -0.4 is 11.1 Å². The van der Waals surface area contributed by atoms with Crippen LogP contribution in [-0.4, -0.2) is 26.3 Å². The average molecular weight is 384 g/mol. The molecule has 116 valence electrons. The van der Waals surface area contributed by atoms with Gasteiger partial charge in [-0.1, -0.05) is 11.6 Å². The normalized spacial score (nSPS) is 26.4. The summed E-state index contributed by atoms with van der Waals surface area (Å²) in [5.41, 5.74) is 6.87. The fourth-order valence-corrected chi connectivity index (χ4v) is 4.53. The molecule has 6 nitrogen and oxygen atoms in total. The Labute approximate surface area is 141 Å². The molecule has 2 aromatic heterocycles. The number of halogens is 2. The fourth-order valence-electron chi connectivity index (χ4n) is 3.89. The maximum Gasteiger partial charge on any atom is 0.239 e. The van der Waals surface area contributed by atoms with Crippen LogP contribution in [0.5, 0.6) is 0 Å². The van der Waals surface area contributed by atoms with Crippen molar-refractivity contribution in [1.29, 1.82) is 0 Å². The molecule has 1 fully saturated rings. The zero-order chi connectivity index (χ0) is 15.5. The highest BCUT2D eigenvalue weighted by atomic mass is 79.9. The Hall–Kier alpha value is -1.34. The van der Waals surface area contributed by atoms with Gasteiger partial charge in [-0.05, 0) is 42.1 Å². The van der Waals surface area contributed by atoms with E-state index in [2.05, 4.69) is 36.3 Å². The second kappa shape index (κ2) is 4.83. The van der Waals surface area contributed by atoms with E-state index in [0.29, 0.717) is 12.0 Å². The smallest absolute Gasteiger partial charge is 0.239 e. The van der Waals surface area contributed by atoms with Crippen molar-refractivity contribution in [3.05, 3.63) is 27.1 Å². The SMILES string of the molecule is Cc1nc(N)nn1[C@H]1CC[C@@]2(CNc3ncc(Br)c(Cl)c32)C1. The number of nitrogens with zero attached hydrogens (tertiary/aromatic N) is 4. The van der Waals surface area contributed by atoms with Crippen molar-refractivity contribution in [3.63, 3.8) is 0 Å². The largest absolute Gasteiger partial charge is 0.369 e. The Bertz CT molecular complexity index is 760. The molecule has 0 unspecified atom stereocenters. The molecule has 1 spiro atoms. The molecule has 0 amide bonds. The van der Waals surface area contributed by atoms with Gasteiger partial charge in [0.15, 0.2) is 0 Å². The van der Waals surface area contributed by atoms with E-state index in [9.17, 15) is 0 Å². The van der Waals surface area contributed by atoms with Crippen molar-refractivity contribution in [2.45, 2.75) is 37.6 Å². The number of aromatic nitrogens is 4. The first-order valence-corrected chi connectivity index (χ1v) is 8.44. The molecule has 1 aliphatic heterocycles. The lowest BCUT2D eigenvalue weighted by molar-refractivity contribution is 0.412. The summed E-state index contributed by atoms with van der Waals surface area (Å²) in [5.74, 6) is 2.11. The monoisotopic (exact) mass is 382 g/mol. The minimum absolute atomic E-state index is 0.0149. The number of fused-ring (bicyclic) bond motifs is 2. The molecular formula is C14H16BrClN6. The molecule has 0 radical (unpaired) electrons. The van der Waals surface area contributed by atoms with E-state index in [-0.39, 0.29) is 5.41 Å². The van der Waals surface area contributed by atoms with Crippen LogP contribution in [0, 0.1) is 6.92 Å². The van der Waals surface area contributed by atoms with Crippen LogP contribution in [0.1, 0.15) is 36.7 Å². The van der Waals surface area contributed by atoms with Gasteiger partial charge in [0.1, 0.15) is 11.6 Å². The van der Waals surface area contributed by atoms with Gasteiger partial charge >= 0.3 is 0 Å². The molecule has 0 bridgehead atoms. The average Bonchev–Trinajstić information content (AvgIpc) is 3.14. The predicted molar refractivity (Wildman–Crippen MR) is 89.2 cm³/mol. The van der Waals surface area contributed by atoms with Crippen molar-refractivity contribution in [3.8, 4) is 0 Å². The van der Waals surface area contributed by atoms with E-state index in [1.807, 2.05) is 11.6 Å². The van der Waals surface area contributed by atoms with Crippen molar-refractivity contribution in [2.24, 2.45) is 0 Å². The summed E-state index contributed by atoms with van der Waals surface area (Å²) < 4.78 is 2.81. The van der Waals surface area contributed by atoms with E-state index in [0.717, 1.165) is 52.5 Å². The maximum absolute atomic E-state index is 6.56. The summed E-state index contributed by atoms with van der Waals surface area (Å²) in [6, 6.07) is 0.299. The van der Waals surface area contributed by atoms with Crippen LogP contribution in [-0.2, 0) is 5.41 Å². The van der Waals surface area contributed by atoms with Crippen LogP contribution in [0.3, 0.4) is 0 Å². The summed E-state index contributed by atoms with van der Waals surface area (Å²) in [6.07, 6.45) is 4.80. The fraction of sp³-hybridized carbons (Fsp3) is 0.500. The Morgan fingerprint density at radius 3 is 3.09 bits per heavy atom. The number of nitrogen functional groups attached to an aromatic ring is 1. The van der Waals surface area contributed by atoms with Crippen molar-refractivity contribution >= 4 is 39.3 Å². The van der Waals surface area contributed by atoms with Gasteiger partial charge in [0.05, 0.1) is 15.5 Å². The van der Waals surface area contributed by atoms with Crippen LogP contribution in [0.15, 0.2) is 10.7 Å². The number of rotatable bonds is 1. The van der Waals surface area contributed by atoms with E-state index in [4.69, 9.17) is 17.3 Å². The van der Waals surface area contributed by atoms with E-state index >= 15 is 0 Å². The molecule has 0 saturated heterocycles. The topological polar surface area (TPSA) is 81.6 Å². The number of pyridine rings is 1. The first kappa shape index (κ1) is 14.3. The summed E-state index contributed by atoms with van der Waals surface area (Å²) in [6.45, 7) is 2.81. The number of hydrogen-bond acceptors (Lipinski definition) is 5. The molecule has 8 heteroatoms. The first-order valence-electron chi connectivity index (χ1n) is 7.27. The minimum Gasteiger partial charge on any atom is -0.369 e. The molecular weight excluding hydrogens is 368 g/mol. The molecule has 2 aromatic rings. The molecule has 3 N–H and O–H groups in total. The highest BCUT2D eigenvalue weighted by molar-refractivity contribution is 9.10. The van der Waals surface area contributed by atoms with Crippen LogP contribution in [0.25, 0.3) is 0 Å². The molecule has 4 rings (SSSR count). The van der Waals surface area contributed by atoms with Crippen LogP contribution in [0.2, 0.25) is 5.02 Å². The number of hydrogen-bond donors (Lipinski definition) is 2. The summed E-state index contributed by atoms with van der Waals surface area (Å²) in [5, 5.41) is 8.52. The zero-order valence-corrected chi connectivity index (χ0v) is 14.4. The number of anilines is 2. The maximum atomic E-state index is 6.56. The van der Waals surface area contributed by atoms with E-state index in [1.54, 1.807) is 6.20 Å². The van der Waals surface area contributed by atoms with E-state index < -0.39 is 0 Å². The summed E-state index contributed by atoms with van der Waals surface area (Å²) in [7, 11) is 0. The van der Waals surface area contributed by atoms with Gasteiger partial charge in [-0.2, -0.15) is 4.98 Å². The standard InChI is InChI=1S/C14H16BrClN6/c1-7-20-13(17)21-22(7)8-2-3-14(4-8)6-19-12-10(14)11(16)9(15)5-18-12/h5,8H,2-4,6H2,1H3,(H2,17,21)(H,18,19)/t8-,14-/m0/s1. The van der Waals surface area contributed by atoms with Gasteiger partial charge in [-0.25, -0.2) is 9.67 Å². The third-order valence-corrected chi connectivity index (χ3v) is 6.07. The summed E-state index contributed by atoms with van der Waals surface area (Å²) in [4.78, 5) is 8.68. The van der Waals surface area contributed by atoms with Gasteiger partial charge in [0.25, 0.3) is 0 Å². The molecule has 2 aliphatic rings. The summed E-state index contributed by atoms with van der Waals surface area (Å²) >= 11 is 10.0. The molecule has 1 saturated carbocycles. The van der Waals surface area contributed by atoms with Gasteiger partial charge in [0.2, 0.25) is 5.95 Å². The number of nitrogens with one attached hydrogen (secondary N) is 1. The zero-order valence-electron chi connectivity index (χ0n) is 12.1. The van der Waals surface area contributed by atoms with Crippen LogP contribution in [0.4, 0.5) is 11.8 Å². The Morgan fingerprint density at radius 1 is 1.55 bits per heavy atom. The second-order valence-electron chi connectivity index (χ2n) is 6.14. The Kier molecular flexibility index (Phi) is 3.13. The Balaban J connectivity index is 1.72. The highest BCUT2D eigenvalue weighted by Gasteiger charge is 2.48. The third kappa shape index (κ3) is 1.95.